The first-order valence-corrected chi connectivity index (χ1v) is 5.25. The number of aliphatic hydroxyl groups is 2. The second kappa shape index (κ2) is 4.69. The number of hydrogen-bond donors (Lipinski definition) is 4. The van der Waals surface area contributed by atoms with E-state index in [0.29, 0.717) is 5.15 Å². The number of anilines is 1. The lowest BCUT2D eigenvalue weighted by Gasteiger charge is -2.10. The SMILES string of the molecule is OCC(O)CNc1cccc2n[nH]c(Cl)c12. The Morgan fingerprint density at radius 3 is 3.06 bits per heavy atom. The van der Waals surface area contributed by atoms with Gasteiger partial charge in [-0.15, -0.1) is 0 Å². The molecule has 0 amide bonds. The Morgan fingerprint density at radius 2 is 2.31 bits per heavy atom. The number of rotatable bonds is 4. The topological polar surface area (TPSA) is 81.2 Å². The van der Waals surface area contributed by atoms with Gasteiger partial charge in [0.2, 0.25) is 0 Å². The summed E-state index contributed by atoms with van der Waals surface area (Å²) in [6, 6.07) is 5.52. The molecule has 1 aromatic heterocycles. The highest BCUT2D eigenvalue weighted by Gasteiger charge is 2.09. The summed E-state index contributed by atoms with van der Waals surface area (Å²) in [7, 11) is 0. The van der Waals surface area contributed by atoms with E-state index in [4.69, 9.17) is 16.7 Å². The Labute approximate surface area is 97.0 Å². The minimum Gasteiger partial charge on any atom is -0.394 e. The normalized spacial score (nSPS) is 12.9. The van der Waals surface area contributed by atoms with E-state index >= 15 is 0 Å². The summed E-state index contributed by atoms with van der Waals surface area (Å²) in [5.41, 5.74) is 1.54. The quantitative estimate of drug-likeness (QED) is 0.643. The lowest BCUT2D eigenvalue weighted by molar-refractivity contribution is 0.105. The van der Waals surface area contributed by atoms with Crippen LogP contribution in [0.1, 0.15) is 0 Å². The standard InChI is InChI=1S/C10H12ClN3O2/c11-10-9-7(12-4-6(16)5-15)2-1-3-8(9)13-14-10/h1-3,6,12,15-16H,4-5H2,(H,13,14). The van der Waals surface area contributed by atoms with Crippen LogP contribution in [0.25, 0.3) is 10.9 Å². The third-order valence-electron chi connectivity index (χ3n) is 2.28. The fourth-order valence-electron chi connectivity index (χ4n) is 1.47. The monoisotopic (exact) mass is 241 g/mol. The van der Waals surface area contributed by atoms with Crippen molar-refractivity contribution in [1.82, 2.24) is 10.2 Å². The predicted molar refractivity (Wildman–Crippen MR) is 62.7 cm³/mol. The maximum atomic E-state index is 9.24. The van der Waals surface area contributed by atoms with Crippen molar-refractivity contribution in [3.8, 4) is 0 Å². The van der Waals surface area contributed by atoms with E-state index in [0.717, 1.165) is 16.6 Å². The van der Waals surface area contributed by atoms with Crippen LogP contribution < -0.4 is 5.32 Å². The highest BCUT2D eigenvalue weighted by atomic mass is 35.5. The Bertz CT molecular complexity index is 486. The molecule has 0 saturated carbocycles. The zero-order chi connectivity index (χ0) is 11.5. The summed E-state index contributed by atoms with van der Waals surface area (Å²) >= 11 is 5.96. The van der Waals surface area contributed by atoms with Gasteiger partial charge in [0.1, 0.15) is 5.15 Å². The second-order valence-corrected chi connectivity index (χ2v) is 3.83. The maximum absolute atomic E-state index is 9.24. The number of nitrogens with zero attached hydrogens (tertiary/aromatic N) is 1. The second-order valence-electron chi connectivity index (χ2n) is 3.45. The van der Waals surface area contributed by atoms with Crippen molar-refractivity contribution in [2.24, 2.45) is 0 Å². The van der Waals surface area contributed by atoms with Crippen LogP contribution >= 0.6 is 11.6 Å². The van der Waals surface area contributed by atoms with Gasteiger partial charge in [0, 0.05) is 12.2 Å². The summed E-state index contributed by atoms with van der Waals surface area (Å²) in [5.74, 6) is 0. The molecule has 4 N–H and O–H groups in total. The smallest absolute Gasteiger partial charge is 0.134 e. The molecule has 0 radical (unpaired) electrons. The van der Waals surface area contributed by atoms with E-state index in [9.17, 15) is 5.11 Å². The Kier molecular flexibility index (Phi) is 3.28. The molecule has 0 aliphatic heterocycles. The molecule has 2 aromatic rings. The van der Waals surface area contributed by atoms with Crippen molar-refractivity contribution < 1.29 is 10.2 Å². The average molecular weight is 242 g/mol. The first-order valence-electron chi connectivity index (χ1n) is 4.87. The van der Waals surface area contributed by atoms with E-state index in [-0.39, 0.29) is 13.2 Å². The molecule has 1 unspecified atom stereocenters. The zero-order valence-electron chi connectivity index (χ0n) is 8.44. The zero-order valence-corrected chi connectivity index (χ0v) is 9.20. The molecule has 16 heavy (non-hydrogen) atoms. The van der Waals surface area contributed by atoms with Crippen molar-refractivity contribution >= 4 is 28.2 Å². The van der Waals surface area contributed by atoms with Crippen LogP contribution in [0.4, 0.5) is 5.69 Å². The Hall–Kier alpha value is -1.30. The van der Waals surface area contributed by atoms with Crippen molar-refractivity contribution in [2.45, 2.75) is 6.10 Å². The molecule has 0 saturated heterocycles. The number of nitrogens with one attached hydrogen (secondary N) is 2. The predicted octanol–water partition coefficient (Wildman–Crippen LogP) is 0.981. The number of H-pyrrole nitrogens is 1. The fourth-order valence-corrected chi connectivity index (χ4v) is 1.71. The molecule has 86 valence electrons. The van der Waals surface area contributed by atoms with Gasteiger partial charge in [-0.05, 0) is 12.1 Å². The van der Waals surface area contributed by atoms with Gasteiger partial charge in [-0.2, -0.15) is 5.10 Å². The fraction of sp³-hybridized carbons (Fsp3) is 0.300. The lowest BCUT2D eigenvalue weighted by Crippen LogP contribution is -2.22. The van der Waals surface area contributed by atoms with E-state index in [1.807, 2.05) is 18.2 Å². The van der Waals surface area contributed by atoms with Crippen LogP contribution in [0.3, 0.4) is 0 Å². The van der Waals surface area contributed by atoms with Gasteiger partial charge in [-0.3, -0.25) is 5.10 Å². The molecule has 0 bridgehead atoms. The van der Waals surface area contributed by atoms with E-state index in [1.165, 1.54) is 0 Å². The minimum atomic E-state index is -0.791. The van der Waals surface area contributed by atoms with Gasteiger partial charge < -0.3 is 15.5 Å². The molecule has 0 spiro atoms. The van der Waals surface area contributed by atoms with Gasteiger partial charge in [0.05, 0.1) is 23.6 Å². The molecule has 0 aliphatic rings. The molecular weight excluding hydrogens is 230 g/mol. The van der Waals surface area contributed by atoms with Gasteiger partial charge in [0.25, 0.3) is 0 Å². The maximum Gasteiger partial charge on any atom is 0.134 e. The molecule has 0 aliphatic carbocycles. The molecule has 1 heterocycles. The van der Waals surface area contributed by atoms with Crippen LogP contribution in [0.15, 0.2) is 18.2 Å². The average Bonchev–Trinajstić information content (AvgIpc) is 2.69. The summed E-state index contributed by atoms with van der Waals surface area (Å²) in [5, 5.41) is 28.9. The summed E-state index contributed by atoms with van der Waals surface area (Å²) < 4.78 is 0. The van der Waals surface area contributed by atoms with E-state index in [1.54, 1.807) is 0 Å². The number of aliphatic hydroxyl groups excluding tert-OH is 2. The van der Waals surface area contributed by atoms with E-state index in [2.05, 4.69) is 15.5 Å². The van der Waals surface area contributed by atoms with E-state index < -0.39 is 6.10 Å². The number of hydrogen-bond acceptors (Lipinski definition) is 4. The number of halogens is 1. The molecule has 5 nitrogen and oxygen atoms in total. The van der Waals surface area contributed by atoms with Gasteiger partial charge >= 0.3 is 0 Å². The van der Waals surface area contributed by atoms with Gasteiger partial charge in [-0.1, -0.05) is 17.7 Å². The van der Waals surface area contributed by atoms with Gasteiger partial charge in [-0.25, -0.2) is 0 Å². The number of aromatic nitrogens is 2. The van der Waals surface area contributed by atoms with Crippen LogP contribution in [-0.4, -0.2) is 39.7 Å². The van der Waals surface area contributed by atoms with Crippen LogP contribution in [0.5, 0.6) is 0 Å². The molecule has 0 fully saturated rings. The first-order chi connectivity index (χ1) is 7.72. The van der Waals surface area contributed by atoms with Gasteiger partial charge in [0.15, 0.2) is 0 Å². The summed E-state index contributed by atoms with van der Waals surface area (Å²) in [6.45, 7) is -0.0147. The Balaban J connectivity index is 2.26. The molecule has 2 rings (SSSR count). The van der Waals surface area contributed by atoms with Crippen LogP contribution in [0.2, 0.25) is 5.15 Å². The van der Waals surface area contributed by atoms with Crippen molar-refractivity contribution in [1.29, 1.82) is 0 Å². The molecular formula is C10H12ClN3O2. The summed E-state index contributed by atoms with van der Waals surface area (Å²) in [6.07, 6.45) is -0.791. The first kappa shape index (κ1) is 11.2. The number of fused-ring (bicyclic) bond motifs is 1. The summed E-state index contributed by atoms with van der Waals surface area (Å²) in [4.78, 5) is 0. The highest BCUT2D eigenvalue weighted by Crippen LogP contribution is 2.27. The van der Waals surface area contributed by atoms with Crippen LogP contribution in [-0.2, 0) is 0 Å². The number of benzene rings is 1. The molecule has 6 heteroatoms. The van der Waals surface area contributed by atoms with Crippen LogP contribution in [0, 0.1) is 0 Å². The highest BCUT2D eigenvalue weighted by molar-refractivity contribution is 6.35. The Morgan fingerprint density at radius 1 is 1.50 bits per heavy atom. The molecule has 1 aromatic carbocycles. The third kappa shape index (κ3) is 2.11. The van der Waals surface area contributed by atoms with Crippen molar-refractivity contribution in [3.05, 3.63) is 23.4 Å². The van der Waals surface area contributed by atoms with Crippen molar-refractivity contribution in [2.75, 3.05) is 18.5 Å². The lowest BCUT2D eigenvalue weighted by atomic mass is 10.2. The third-order valence-corrected chi connectivity index (χ3v) is 2.55. The minimum absolute atomic E-state index is 0.261. The largest absolute Gasteiger partial charge is 0.394 e. The number of aromatic amines is 1. The van der Waals surface area contributed by atoms with Crippen molar-refractivity contribution in [3.63, 3.8) is 0 Å². The molecule has 1 atom stereocenters.